The highest BCUT2D eigenvalue weighted by Gasteiger charge is 2.28. The maximum absolute atomic E-state index is 5.77. The second kappa shape index (κ2) is 5.77. The Morgan fingerprint density at radius 1 is 1.35 bits per heavy atom. The monoisotopic (exact) mass is 271 g/mol. The van der Waals surface area contributed by atoms with Crippen molar-refractivity contribution in [3.05, 3.63) is 42.3 Å². The molecular weight excluding hydrogens is 250 g/mol. The van der Waals surface area contributed by atoms with Gasteiger partial charge >= 0.3 is 0 Å². The second-order valence-corrected chi connectivity index (χ2v) is 5.63. The van der Waals surface area contributed by atoms with Crippen LogP contribution in [0.15, 0.2) is 41.0 Å². The van der Waals surface area contributed by atoms with E-state index in [-0.39, 0.29) is 0 Å². The molecule has 0 bridgehead atoms. The van der Waals surface area contributed by atoms with E-state index in [1.807, 2.05) is 30.3 Å². The third kappa shape index (κ3) is 2.76. The Bertz CT molecular complexity index is 552. The lowest BCUT2D eigenvalue weighted by Gasteiger charge is -2.19. The van der Waals surface area contributed by atoms with Crippen LogP contribution in [0.4, 0.5) is 0 Å². The molecule has 1 fully saturated rings. The molecule has 3 rings (SSSR count). The molecule has 0 aliphatic carbocycles. The molecule has 0 radical (unpaired) electrons. The first-order chi connectivity index (χ1) is 9.76. The third-order valence-electron chi connectivity index (χ3n) is 4.06. The van der Waals surface area contributed by atoms with Gasteiger partial charge in [-0.3, -0.25) is 4.90 Å². The zero-order valence-corrected chi connectivity index (χ0v) is 11.8. The van der Waals surface area contributed by atoms with Gasteiger partial charge in [-0.1, -0.05) is 18.2 Å². The first-order valence-electron chi connectivity index (χ1n) is 7.20. The largest absolute Gasteiger partial charge is 0.444 e. The van der Waals surface area contributed by atoms with Gasteiger partial charge < -0.3 is 10.2 Å². The maximum atomic E-state index is 5.77. The van der Waals surface area contributed by atoms with Crippen molar-refractivity contribution in [2.24, 2.45) is 11.7 Å². The molecule has 2 heterocycles. The topological polar surface area (TPSA) is 55.3 Å². The Morgan fingerprint density at radius 2 is 2.15 bits per heavy atom. The normalized spacial score (nSPS) is 23.3. The van der Waals surface area contributed by atoms with Crippen molar-refractivity contribution >= 4 is 0 Å². The van der Waals surface area contributed by atoms with Gasteiger partial charge in [0, 0.05) is 24.7 Å². The van der Waals surface area contributed by atoms with Gasteiger partial charge in [-0.15, -0.1) is 0 Å². The lowest BCUT2D eigenvalue weighted by atomic mass is 10.1. The van der Waals surface area contributed by atoms with E-state index in [9.17, 15) is 0 Å². The molecule has 2 N–H and O–H groups in total. The van der Waals surface area contributed by atoms with Gasteiger partial charge in [0.15, 0.2) is 0 Å². The number of oxazole rings is 1. The van der Waals surface area contributed by atoms with Crippen molar-refractivity contribution in [2.75, 3.05) is 13.1 Å². The molecule has 2 unspecified atom stereocenters. The zero-order valence-electron chi connectivity index (χ0n) is 11.8. The van der Waals surface area contributed by atoms with Crippen molar-refractivity contribution in [3.8, 4) is 11.5 Å². The van der Waals surface area contributed by atoms with Gasteiger partial charge in [0.1, 0.15) is 6.26 Å². The van der Waals surface area contributed by atoms with Crippen LogP contribution in [0.3, 0.4) is 0 Å². The molecule has 1 aromatic carbocycles. The standard InChI is InChI=1S/C16H21N3O/c1-12-7-13(8-17)9-19(12)10-15-11-20-16(18-15)14-5-3-2-4-6-14/h2-6,11-13H,7-10,17H2,1H3. The van der Waals surface area contributed by atoms with Crippen LogP contribution in [0.25, 0.3) is 11.5 Å². The molecule has 4 heteroatoms. The van der Waals surface area contributed by atoms with E-state index in [2.05, 4.69) is 16.8 Å². The first kappa shape index (κ1) is 13.3. The van der Waals surface area contributed by atoms with Gasteiger partial charge in [0.2, 0.25) is 5.89 Å². The maximum Gasteiger partial charge on any atom is 0.226 e. The fourth-order valence-corrected chi connectivity index (χ4v) is 2.91. The molecule has 1 saturated heterocycles. The summed E-state index contributed by atoms with van der Waals surface area (Å²) in [4.78, 5) is 7.02. The molecule has 0 amide bonds. The fourth-order valence-electron chi connectivity index (χ4n) is 2.91. The van der Waals surface area contributed by atoms with Crippen molar-refractivity contribution in [3.63, 3.8) is 0 Å². The lowest BCUT2D eigenvalue weighted by Crippen LogP contribution is -2.27. The molecule has 20 heavy (non-hydrogen) atoms. The van der Waals surface area contributed by atoms with E-state index >= 15 is 0 Å². The minimum Gasteiger partial charge on any atom is -0.444 e. The molecule has 1 aromatic heterocycles. The van der Waals surface area contributed by atoms with Crippen LogP contribution in [-0.2, 0) is 6.54 Å². The first-order valence-corrected chi connectivity index (χ1v) is 7.20. The van der Waals surface area contributed by atoms with E-state index < -0.39 is 0 Å². The van der Waals surface area contributed by atoms with Crippen LogP contribution in [-0.4, -0.2) is 29.0 Å². The number of benzene rings is 1. The number of likely N-dealkylation sites (tertiary alicyclic amines) is 1. The summed E-state index contributed by atoms with van der Waals surface area (Å²) in [5.41, 5.74) is 7.79. The Hall–Kier alpha value is -1.65. The number of nitrogens with two attached hydrogens (primary N) is 1. The molecule has 4 nitrogen and oxygen atoms in total. The predicted molar refractivity (Wildman–Crippen MR) is 79.0 cm³/mol. The van der Waals surface area contributed by atoms with Crippen LogP contribution in [0.5, 0.6) is 0 Å². The molecule has 0 spiro atoms. The van der Waals surface area contributed by atoms with Gasteiger partial charge in [-0.2, -0.15) is 0 Å². The molecular formula is C16H21N3O. The lowest BCUT2D eigenvalue weighted by molar-refractivity contribution is 0.252. The minimum absolute atomic E-state index is 0.570. The van der Waals surface area contributed by atoms with Crippen LogP contribution in [0.2, 0.25) is 0 Å². The van der Waals surface area contributed by atoms with E-state index in [0.29, 0.717) is 17.9 Å². The summed E-state index contributed by atoms with van der Waals surface area (Å²) in [5, 5.41) is 0. The molecule has 1 aliphatic rings. The summed E-state index contributed by atoms with van der Waals surface area (Å²) >= 11 is 0. The van der Waals surface area contributed by atoms with E-state index in [0.717, 1.165) is 30.9 Å². The SMILES string of the molecule is CC1CC(CN)CN1Cc1coc(-c2ccccc2)n1. The summed E-state index contributed by atoms with van der Waals surface area (Å²) < 4.78 is 5.59. The van der Waals surface area contributed by atoms with Crippen molar-refractivity contribution in [1.29, 1.82) is 0 Å². The average Bonchev–Trinajstić information content (AvgIpc) is 3.08. The minimum atomic E-state index is 0.570. The highest BCUT2D eigenvalue weighted by molar-refractivity contribution is 5.52. The van der Waals surface area contributed by atoms with Crippen molar-refractivity contribution in [1.82, 2.24) is 9.88 Å². The third-order valence-corrected chi connectivity index (χ3v) is 4.06. The smallest absolute Gasteiger partial charge is 0.226 e. The Kier molecular flexibility index (Phi) is 3.85. The van der Waals surface area contributed by atoms with Crippen LogP contribution >= 0.6 is 0 Å². The summed E-state index contributed by atoms with van der Waals surface area (Å²) in [7, 11) is 0. The molecule has 2 atom stereocenters. The summed E-state index contributed by atoms with van der Waals surface area (Å²) in [6.07, 6.45) is 2.95. The molecule has 0 saturated carbocycles. The van der Waals surface area contributed by atoms with Crippen LogP contribution in [0, 0.1) is 5.92 Å². The van der Waals surface area contributed by atoms with Gasteiger partial charge in [-0.25, -0.2) is 4.98 Å². The summed E-state index contributed by atoms with van der Waals surface area (Å²) in [6, 6.07) is 10.6. The molecule has 2 aromatic rings. The highest BCUT2D eigenvalue weighted by atomic mass is 16.3. The van der Waals surface area contributed by atoms with Crippen molar-refractivity contribution < 1.29 is 4.42 Å². The van der Waals surface area contributed by atoms with E-state index in [1.54, 1.807) is 6.26 Å². The number of hydrogen-bond acceptors (Lipinski definition) is 4. The average molecular weight is 271 g/mol. The van der Waals surface area contributed by atoms with Crippen molar-refractivity contribution in [2.45, 2.75) is 25.9 Å². The van der Waals surface area contributed by atoms with Crippen LogP contribution in [0.1, 0.15) is 19.0 Å². The quantitative estimate of drug-likeness (QED) is 0.928. The van der Waals surface area contributed by atoms with Gasteiger partial charge in [0.05, 0.1) is 5.69 Å². The Balaban J connectivity index is 1.69. The number of rotatable bonds is 4. The van der Waals surface area contributed by atoms with Gasteiger partial charge in [-0.05, 0) is 37.9 Å². The van der Waals surface area contributed by atoms with E-state index in [1.165, 1.54) is 6.42 Å². The summed E-state index contributed by atoms with van der Waals surface area (Å²) in [5.74, 6) is 1.31. The number of aromatic nitrogens is 1. The Labute approximate surface area is 119 Å². The highest BCUT2D eigenvalue weighted by Crippen LogP contribution is 2.25. The zero-order chi connectivity index (χ0) is 13.9. The molecule has 106 valence electrons. The second-order valence-electron chi connectivity index (χ2n) is 5.63. The number of hydrogen-bond donors (Lipinski definition) is 1. The summed E-state index contributed by atoms with van der Waals surface area (Å²) in [6.45, 7) is 4.93. The van der Waals surface area contributed by atoms with Crippen LogP contribution < -0.4 is 5.73 Å². The van der Waals surface area contributed by atoms with Gasteiger partial charge in [0.25, 0.3) is 0 Å². The van der Waals surface area contributed by atoms with E-state index in [4.69, 9.17) is 10.2 Å². The predicted octanol–water partition coefficient (Wildman–Crippen LogP) is 2.51. The number of nitrogens with zero attached hydrogens (tertiary/aromatic N) is 2. The fraction of sp³-hybridized carbons (Fsp3) is 0.438. The Morgan fingerprint density at radius 3 is 2.85 bits per heavy atom. The molecule has 1 aliphatic heterocycles.